The topological polar surface area (TPSA) is 75.4 Å². The highest BCUT2D eigenvalue weighted by Crippen LogP contribution is 2.26. The Kier molecular flexibility index (Phi) is 6.23. The van der Waals surface area contributed by atoms with Crippen molar-refractivity contribution in [1.29, 1.82) is 0 Å². The first-order valence-corrected chi connectivity index (χ1v) is 8.77. The standard InChI is InChI=1S/C19H29N3O2/c1-13(2)18(16-9-5-4-7-14(16)3)21-19(24)22-10-6-8-15(12-22)11-17(20)23/h4-5,7,9,13,15,18H,6,8,10-12H2,1-3H3,(H2,20,23)(H,21,24). The normalized spacial score (nSPS) is 19.2. The number of primary amides is 1. The summed E-state index contributed by atoms with van der Waals surface area (Å²) >= 11 is 0. The van der Waals surface area contributed by atoms with Crippen molar-refractivity contribution in [3.05, 3.63) is 35.4 Å². The number of nitrogens with two attached hydrogens (primary N) is 1. The molecule has 2 atom stereocenters. The van der Waals surface area contributed by atoms with E-state index in [1.54, 1.807) is 0 Å². The highest BCUT2D eigenvalue weighted by atomic mass is 16.2. The molecule has 1 aromatic carbocycles. The second kappa shape index (κ2) is 8.18. The van der Waals surface area contributed by atoms with Gasteiger partial charge in [-0.1, -0.05) is 38.1 Å². The Hall–Kier alpha value is -2.04. The van der Waals surface area contributed by atoms with Crippen LogP contribution in [0.4, 0.5) is 4.79 Å². The van der Waals surface area contributed by atoms with Crippen LogP contribution in [0.15, 0.2) is 24.3 Å². The largest absolute Gasteiger partial charge is 0.370 e. The van der Waals surface area contributed by atoms with Gasteiger partial charge in [-0.15, -0.1) is 0 Å². The Morgan fingerprint density at radius 1 is 1.33 bits per heavy atom. The highest BCUT2D eigenvalue weighted by Gasteiger charge is 2.27. The second-order valence-electron chi connectivity index (χ2n) is 7.15. The quantitative estimate of drug-likeness (QED) is 0.870. The van der Waals surface area contributed by atoms with Crippen molar-refractivity contribution in [3.8, 4) is 0 Å². The molecule has 2 rings (SSSR count). The maximum absolute atomic E-state index is 12.7. The van der Waals surface area contributed by atoms with Crippen LogP contribution in [0, 0.1) is 18.8 Å². The van der Waals surface area contributed by atoms with Crippen LogP contribution in [0.3, 0.4) is 0 Å². The van der Waals surface area contributed by atoms with Crippen molar-refractivity contribution >= 4 is 11.9 Å². The summed E-state index contributed by atoms with van der Waals surface area (Å²) in [6.45, 7) is 7.64. The maximum Gasteiger partial charge on any atom is 0.317 e. The monoisotopic (exact) mass is 331 g/mol. The van der Waals surface area contributed by atoms with Crippen LogP contribution in [0.5, 0.6) is 0 Å². The van der Waals surface area contributed by atoms with E-state index >= 15 is 0 Å². The summed E-state index contributed by atoms with van der Waals surface area (Å²) in [4.78, 5) is 25.7. The molecular weight excluding hydrogens is 302 g/mol. The third-order valence-corrected chi connectivity index (χ3v) is 4.77. The molecule has 3 amide bonds. The van der Waals surface area contributed by atoms with E-state index in [4.69, 9.17) is 5.73 Å². The maximum atomic E-state index is 12.7. The van der Waals surface area contributed by atoms with Crippen molar-refractivity contribution in [3.63, 3.8) is 0 Å². The van der Waals surface area contributed by atoms with Gasteiger partial charge in [0.05, 0.1) is 6.04 Å². The molecule has 1 aliphatic heterocycles. The van der Waals surface area contributed by atoms with Gasteiger partial charge in [-0.05, 0) is 42.7 Å². The number of hydrogen-bond acceptors (Lipinski definition) is 2. The minimum Gasteiger partial charge on any atom is -0.370 e. The lowest BCUT2D eigenvalue weighted by Gasteiger charge is -2.34. The molecule has 5 heteroatoms. The average molecular weight is 331 g/mol. The second-order valence-corrected chi connectivity index (χ2v) is 7.15. The molecular formula is C19H29N3O2. The van der Waals surface area contributed by atoms with Gasteiger partial charge < -0.3 is 16.0 Å². The Balaban J connectivity index is 2.05. The van der Waals surface area contributed by atoms with Gasteiger partial charge in [0.2, 0.25) is 5.91 Å². The minimum absolute atomic E-state index is 0.0183. The summed E-state index contributed by atoms with van der Waals surface area (Å²) in [6.07, 6.45) is 2.23. The van der Waals surface area contributed by atoms with Gasteiger partial charge in [-0.3, -0.25) is 4.79 Å². The summed E-state index contributed by atoms with van der Waals surface area (Å²) in [6, 6.07) is 8.10. The summed E-state index contributed by atoms with van der Waals surface area (Å²) in [7, 11) is 0. The first-order valence-electron chi connectivity index (χ1n) is 8.77. The average Bonchev–Trinajstić information content (AvgIpc) is 2.52. The van der Waals surface area contributed by atoms with E-state index in [1.165, 1.54) is 5.56 Å². The SMILES string of the molecule is Cc1ccccc1C(NC(=O)N1CCCC(CC(N)=O)C1)C(C)C. The summed E-state index contributed by atoms with van der Waals surface area (Å²) in [5, 5.41) is 3.19. The fraction of sp³-hybridized carbons (Fsp3) is 0.579. The van der Waals surface area contributed by atoms with E-state index in [0.29, 0.717) is 18.9 Å². The van der Waals surface area contributed by atoms with E-state index in [9.17, 15) is 9.59 Å². The molecule has 1 saturated heterocycles. The van der Waals surface area contributed by atoms with Gasteiger partial charge in [0, 0.05) is 19.5 Å². The third kappa shape index (κ3) is 4.73. The summed E-state index contributed by atoms with van der Waals surface area (Å²) in [5.41, 5.74) is 7.64. The molecule has 1 fully saturated rings. The predicted octanol–water partition coefficient (Wildman–Crippen LogP) is 2.99. The predicted molar refractivity (Wildman–Crippen MR) is 95.4 cm³/mol. The van der Waals surface area contributed by atoms with Crippen molar-refractivity contribution in [2.24, 2.45) is 17.6 Å². The van der Waals surface area contributed by atoms with Crippen LogP contribution in [-0.4, -0.2) is 29.9 Å². The Labute approximate surface area is 144 Å². The lowest BCUT2D eigenvalue weighted by atomic mass is 9.92. The molecule has 5 nitrogen and oxygen atoms in total. The molecule has 0 bridgehead atoms. The van der Waals surface area contributed by atoms with Gasteiger partial charge in [0.15, 0.2) is 0 Å². The third-order valence-electron chi connectivity index (χ3n) is 4.77. The molecule has 1 heterocycles. The Morgan fingerprint density at radius 3 is 2.67 bits per heavy atom. The first-order chi connectivity index (χ1) is 11.4. The van der Waals surface area contributed by atoms with Gasteiger partial charge in [-0.25, -0.2) is 4.79 Å². The molecule has 132 valence electrons. The number of amides is 3. The highest BCUT2D eigenvalue weighted by molar-refractivity contribution is 5.76. The number of carbonyl (C=O) groups is 2. The summed E-state index contributed by atoms with van der Waals surface area (Å²) in [5.74, 6) is 0.182. The van der Waals surface area contributed by atoms with E-state index in [2.05, 4.69) is 38.2 Å². The number of hydrogen-bond donors (Lipinski definition) is 2. The lowest BCUT2D eigenvalue weighted by molar-refractivity contribution is -0.119. The first kappa shape index (κ1) is 18.3. The Morgan fingerprint density at radius 2 is 2.04 bits per heavy atom. The molecule has 0 radical (unpaired) electrons. The number of piperidine rings is 1. The van der Waals surface area contributed by atoms with Gasteiger partial charge in [0.25, 0.3) is 0 Å². The van der Waals surface area contributed by atoms with Gasteiger partial charge in [-0.2, -0.15) is 0 Å². The number of aryl methyl sites for hydroxylation is 1. The zero-order valence-corrected chi connectivity index (χ0v) is 14.9. The number of benzene rings is 1. The fourth-order valence-corrected chi connectivity index (χ4v) is 3.46. The zero-order chi connectivity index (χ0) is 17.7. The number of likely N-dealkylation sites (tertiary alicyclic amines) is 1. The van der Waals surface area contributed by atoms with Crippen LogP contribution in [-0.2, 0) is 4.79 Å². The number of rotatable bonds is 5. The van der Waals surface area contributed by atoms with E-state index in [-0.39, 0.29) is 23.9 Å². The molecule has 0 aliphatic carbocycles. The number of nitrogens with zero attached hydrogens (tertiary/aromatic N) is 1. The van der Waals surface area contributed by atoms with Gasteiger partial charge in [0.1, 0.15) is 0 Å². The number of carbonyl (C=O) groups excluding carboxylic acids is 2. The molecule has 3 N–H and O–H groups in total. The smallest absolute Gasteiger partial charge is 0.317 e. The van der Waals surface area contributed by atoms with Gasteiger partial charge >= 0.3 is 6.03 Å². The number of nitrogens with one attached hydrogen (secondary N) is 1. The molecule has 2 unspecified atom stereocenters. The molecule has 0 spiro atoms. The van der Waals surface area contributed by atoms with Crippen LogP contribution >= 0.6 is 0 Å². The van der Waals surface area contributed by atoms with E-state index in [0.717, 1.165) is 24.9 Å². The summed E-state index contributed by atoms with van der Waals surface area (Å²) < 4.78 is 0. The van der Waals surface area contributed by atoms with Crippen LogP contribution in [0.25, 0.3) is 0 Å². The zero-order valence-electron chi connectivity index (χ0n) is 14.9. The minimum atomic E-state index is -0.290. The molecule has 0 aromatic heterocycles. The van der Waals surface area contributed by atoms with Crippen LogP contribution in [0.2, 0.25) is 0 Å². The van der Waals surface area contributed by atoms with E-state index < -0.39 is 0 Å². The number of urea groups is 1. The Bertz CT molecular complexity index is 586. The van der Waals surface area contributed by atoms with E-state index in [1.807, 2.05) is 17.0 Å². The van der Waals surface area contributed by atoms with Crippen molar-refractivity contribution < 1.29 is 9.59 Å². The molecule has 1 aliphatic rings. The lowest BCUT2D eigenvalue weighted by Crippen LogP contribution is -2.47. The van der Waals surface area contributed by atoms with Crippen molar-refractivity contribution in [1.82, 2.24) is 10.2 Å². The molecule has 0 saturated carbocycles. The van der Waals surface area contributed by atoms with Crippen LogP contribution in [0.1, 0.15) is 50.3 Å². The molecule has 24 heavy (non-hydrogen) atoms. The van der Waals surface area contributed by atoms with Crippen molar-refractivity contribution in [2.75, 3.05) is 13.1 Å². The van der Waals surface area contributed by atoms with Crippen molar-refractivity contribution in [2.45, 2.75) is 46.1 Å². The molecule has 1 aromatic rings. The fourth-order valence-electron chi connectivity index (χ4n) is 3.46. The van der Waals surface area contributed by atoms with Crippen LogP contribution < -0.4 is 11.1 Å².